The highest BCUT2D eigenvalue weighted by Gasteiger charge is 2.06. The van der Waals surface area contributed by atoms with E-state index in [2.05, 4.69) is 10.3 Å². The lowest BCUT2D eigenvalue weighted by molar-refractivity contribution is 0.629. The van der Waals surface area contributed by atoms with Gasteiger partial charge in [-0.25, -0.2) is 9.37 Å². The van der Waals surface area contributed by atoms with Gasteiger partial charge in [0.1, 0.15) is 5.82 Å². The highest BCUT2D eigenvalue weighted by molar-refractivity contribution is 7.22. The van der Waals surface area contributed by atoms with Crippen molar-refractivity contribution in [2.75, 3.05) is 5.32 Å². The minimum absolute atomic E-state index is 0.275. The summed E-state index contributed by atoms with van der Waals surface area (Å²) < 4.78 is 14.0. The van der Waals surface area contributed by atoms with Gasteiger partial charge in [-0.2, -0.15) is 0 Å². The molecule has 0 saturated carbocycles. The Kier molecular flexibility index (Phi) is 3.12. The summed E-state index contributed by atoms with van der Waals surface area (Å²) in [5.74, 6) is -0.275. The molecule has 19 heavy (non-hydrogen) atoms. The Morgan fingerprint density at radius 1 is 1.21 bits per heavy atom. The second-order valence-electron chi connectivity index (χ2n) is 4.22. The summed E-state index contributed by atoms with van der Waals surface area (Å²) in [5.41, 5.74) is 2.56. The van der Waals surface area contributed by atoms with Gasteiger partial charge in [0.15, 0.2) is 5.13 Å². The summed E-state index contributed by atoms with van der Waals surface area (Å²) in [5, 5.41) is 4.61. The van der Waals surface area contributed by atoms with Gasteiger partial charge >= 0.3 is 0 Å². The van der Waals surface area contributed by atoms with Crippen LogP contribution in [0.5, 0.6) is 0 Å². The van der Waals surface area contributed by atoms with Crippen molar-refractivity contribution >= 4 is 44.0 Å². The van der Waals surface area contributed by atoms with E-state index in [-0.39, 0.29) is 5.82 Å². The Labute approximate surface area is 118 Å². The van der Waals surface area contributed by atoms with Gasteiger partial charge in [0.05, 0.1) is 10.2 Å². The summed E-state index contributed by atoms with van der Waals surface area (Å²) >= 11 is 7.55. The molecule has 1 N–H and O–H groups in total. The topological polar surface area (TPSA) is 24.9 Å². The lowest BCUT2D eigenvalue weighted by Crippen LogP contribution is -1.89. The lowest BCUT2D eigenvalue weighted by atomic mass is 10.2. The number of fused-ring (bicyclic) bond motifs is 1. The van der Waals surface area contributed by atoms with E-state index in [1.54, 1.807) is 6.07 Å². The van der Waals surface area contributed by atoms with Gasteiger partial charge in [0.25, 0.3) is 0 Å². The van der Waals surface area contributed by atoms with Crippen LogP contribution in [0.2, 0.25) is 5.02 Å². The van der Waals surface area contributed by atoms with Crippen molar-refractivity contribution in [1.82, 2.24) is 4.98 Å². The number of aromatic nitrogens is 1. The first kappa shape index (κ1) is 12.4. The quantitative estimate of drug-likeness (QED) is 0.707. The fourth-order valence-electron chi connectivity index (χ4n) is 1.75. The van der Waals surface area contributed by atoms with Crippen molar-refractivity contribution in [2.24, 2.45) is 0 Å². The van der Waals surface area contributed by atoms with Gasteiger partial charge in [-0.15, -0.1) is 0 Å². The monoisotopic (exact) mass is 292 g/mol. The Morgan fingerprint density at radius 3 is 2.84 bits per heavy atom. The van der Waals surface area contributed by atoms with Crippen molar-refractivity contribution in [3.63, 3.8) is 0 Å². The van der Waals surface area contributed by atoms with Gasteiger partial charge in [-0.05, 0) is 36.8 Å². The number of hydrogen-bond acceptors (Lipinski definition) is 3. The van der Waals surface area contributed by atoms with Crippen LogP contribution in [0.25, 0.3) is 10.2 Å². The minimum Gasteiger partial charge on any atom is -0.331 e. The zero-order valence-corrected chi connectivity index (χ0v) is 11.6. The molecule has 3 rings (SSSR count). The van der Waals surface area contributed by atoms with Crippen LogP contribution in [0.3, 0.4) is 0 Å². The second-order valence-corrected chi connectivity index (χ2v) is 5.66. The fourth-order valence-corrected chi connectivity index (χ4v) is 2.80. The van der Waals surface area contributed by atoms with E-state index in [4.69, 9.17) is 11.6 Å². The van der Waals surface area contributed by atoms with E-state index in [1.165, 1.54) is 23.5 Å². The van der Waals surface area contributed by atoms with Crippen LogP contribution in [-0.2, 0) is 0 Å². The van der Waals surface area contributed by atoms with E-state index < -0.39 is 0 Å². The predicted molar refractivity (Wildman–Crippen MR) is 79.0 cm³/mol. The average molecular weight is 293 g/mol. The second kappa shape index (κ2) is 4.79. The number of halogens is 2. The molecular weight excluding hydrogens is 283 g/mol. The van der Waals surface area contributed by atoms with Crippen LogP contribution in [0.4, 0.5) is 15.2 Å². The van der Waals surface area contributed by atoms with Crippen molar-refractivity contribution in [2.45, 2.75) is 6.92 Å². The molecule has 0 atom stereocenters. The average Bonchev–Trinajstić information content (AvgIpc) is 2.75. The van der Waals surface area contributed by atoms with Gasteiger partial charge in [0, 0.05) is 16.8 Å². The van der Waals surface area contributed by atoms with E-state index in [9.17, 15) is 4.39 Å². The van der Waals surface area contributed by atoms with Crippen LogP contribution < -0.4 is 5.32 Å². The van der Waals surface area contributed by atoms with Crippen LogP contribution >= 0.6 is 22.9 Å². The molecule has 2 aromatic carbocycles. The maximum absolute atomic E-state index is 13.1. The number of anilines is 2. The molecular formula is C14H10ClFN2S. The third-order valence-electron chi connectivity index (χ3n) is 2.77. The van der Waals surface area contributed by atoms with Crippen LogP contribution in [-0.4, -0.2) is 4.98 Å². The highest BCUT2D eigenvalue weighted by Crippen LogP contribution is 2.30. The Hall–Kier alpha value is -1.65. The molecule has 2 nitrogen and oxygen atoms in total. The molecule has 0 amide bonds. The van der Waals surface area contributed by atoms with E-state index in [0.29, 0.717) is 10.5 Å². The molecule has 5 heteroatoms. The third-order valence-corrected chi connectivity index (χ3v) is 4.13. The molecule has 1 heterocycles. The van der Waals surface area contributed by atoms with Crippen LogP contribution in [0, 0.1) is 12.7 Å². The molecule has 0 bridgehead atoms. The SMILES string of the molecule is Cc1ccc(Nc2nc3cc(F)ccc3s2)cc1Cl. The van der Waals surface area contributed by atoms with Gasteiger partial charge in [-0.1, -0.05) is 29.0 Å². The number of nitrogens with one attached hydrogen (secondary N) is 1. The standard InChI is InChI=1S/C14H10ClFN2S/c1-8-2-4-10(7-11(8)15)17-14-18-12-6-9(16)3-5-13(12)19-14/h2-7H,1H3,(H,17,18). The molecule has 0 aliphatic heterocycles. The van der Waals surface area contributed by atoms with E-state index in [0.717, 1.165) is 21.1 Å². The zero-order chi connectivity index (χ0) is 13.4. The molecule has 0 spiro atoms. The van der Waals surface area contributed by atoms with Crippen molar-refractivity contribution in [3.05, 3.63) is 52.8 Å². The molecule has 96 valence electrons. The summed E-state index contributed by atoms with van der Waals surface area (Å²) in [6.45, 7) is 1.95. The maximum atomic E-state index is 13.1. The first-order chi connectivity index (χ1) is 9.11. The summed E-state index contributed by atoms with van der Waals surface area (Å²) in [6, 6.07) is 10.3. The molecule has 0 aliphatic rings. The van der Waals surface area contributed by atoms with Crippen molar-refractivity contribution in [1.29, 1.82) is 0 Å². The smallest absolute Gasteiger partial charge is 0.188 e. The normalized spacial score (nSPS) is 10.9. The number of hydrogen-bond donors (Lipinski definition) is 1. The molecule has 0 unspecified atom stereocenters. The Morgan fingerprint density at radius 2 is 2.05 bits per heavy atom. The number of rotatable bonds is 2. The summed E-state index contributed by atoms with van der Waals surface area (Å²) in [6.07, 6.45) is 0. The van der Waals surface area contributed by atoms with Crippen molar-refractivity contribution < 1.29 is 4.39 Å². The molecule has 1 aromatic heterocycles. The third kappa shape index (κ3) is 2.55. The summed E-state index contributed by atoms with van der Waals surface area (Å²) in [4.78, 5) is 4.35. The first-order valence-electron chi connectivity index (χ1n) is 5.71. The van der Waals surface area contributed by atoms with Crippen LogP contribution in [0.1, 0.15) is 5.56 Å². The summed E-state index contributed by atoms with van der Waals surface area (Å²) in [7, 11) is 0. The largest absolute Gasteiger partial charge is 0.331 e. The van der Waals surface area contributed by atoms with Crippen LogP contribution in [0.15, 0.2) is 36.4 Å². The maximum Gasteiger partial charge on any atom is 0.188 e. The Balaban J connectivity index is 1.94. The molecule has 0 radical (unpaired) electrons. The molecule has 0 saturated heterocycles. The van der Waals surface area contributed by atoms with Gasteiger partial charge in [0.2, 0.25) is 0 Å². The molecule has 3 aromatic rings. The van der Waals surface area contributed by atoms with Gasteiger partial charge in [-0.3, -0.25) is 0 Å². The number of benzene rings is 2. The lowest BCUT2D eigenvalue weighted by Gasteiger charge is -2.04. The number of nitrogens with zero attached hydrogens (tertiary/aromatic N) is 1. The predicted octanol–water partition coefficient (Wildman–Crippen LogP) is 5.14. The van der Waals surface area contributed by atoms with E-state index >= 15 is 0 Å². The molecule has 0 aliphatic carbocycles. The molecule has 0 fully saturated rings. The fraction of sp³-hybridized carbons (Fsp3) is 0.0714. The van der Waals surface area contributed by atoms with Gasteiger partial charge < -0.3 is 5.32 Å². The Bertz CT molecular complexity index is 754. The number of aryl methyl sites for hydroxylation is 1. The van der Waals surface area contributed by atoms with E-state index in [1.807, 2.05) is 25.1 Å². The minimum atomic E-state index is -0.275. The zero-order valence-electron chi connectivity index (χ0n) is 10.1. The number of thiazole rings is 1. The first-order valence-corrected chi connectivity index (χ1v) is 6.90. The highest BCUT2D eigenvalue weighted by atomic mass is 35.5. The van der Waals surface area contributed by atoms with Crippen molar-refractivity contribution in [3.8, 4) is 0 Å².